The van der Waals surface area contributed by atoms with Crippen LogP contribution in [-0.2, 0) is 4.74 Å². The normalized spacial score (nSPS) is 19.6. The second-order valence-electron chi connectivity index (χ2n) is 6.52. The van der Waals surface area contributed by atoms with E-state index in [-0.39, 0.29) is 23.5 Å². The van der Waals surface area contributed by atoms with Crippen molar-refractivity contribution >= 4 is 35.1 Å². The van der Waals surface area contributed by atoms with Crippen molar-refractivity contribution < 1.29 is 19.4 Å². The maximum atomic E-state index is 12.4. The van der Waals surface area contributed by atoms with Crippen LogP contribution in [0, 0.1) is 5.92 Å². The SMILES string of the molecule is O=C(O)c1ccc(C(=O)NCC2CNCCOC2c2ccc(Cl)c(Cl)c2)cc1. The first-order chi connectivity index (χ1) is 13.5. The van der Waals surface area contributed by atoms with Crippen molar-refractivity contribution in [2.45, 2.75) is 6.10 Å². The number of amides is 1. The highest BCUT2D eigenvalue weighted by Gasteiger charge is 2.27. The second-order valence-corrected chi connectivity index (χ2v) is 7.34. The van der Waals surface area contributed by atoms with Gasteiger partial charge in [0.05, 0.1) is 28.3 Å². The minimum atomic E-state index is -1.03. The van der Waals surface area contributed by atoms with E-state index in [0.29, 0.717) is 35.3 Å². The molecule has 3 rings (SSSR count). The van der Waals surface area contributed by atoms with Crippen molar-refractivity contribution in [1.82, 2.24) is 10.6 Å². The molecule has 6 nitrogen and oxygen atoms in total. The molecule has 0 aromatic heterocycles. The Kier molecular flexibility index (Phi) is 6.91. The summed E-state index contributed by atoms with van der Waals surface area (Å²) in [6.45, 7) is 2.32. The van der Waals surface area contributed by atoms with Gasteiger partial charge in [0.25, 0.3) is 5.91 Å². The molecule has 0 aliphatic carbocycles. The molecule has 2 unspecified atom stereocenters. The largest absolute Gasteiger partial charge is 0.478 e. The zero-order valence-corrected chi connectivity index (χ0v) is 16.5. The summed E-state index contributed by atoms with van der Waals surface area (Å²) in [5, 5.41) is 16.1. The molecule has 8 heteroatoms. The van der Waals surface area contributed by atoms with E-state index >= 15 is 0 Å². The topological polar surface area (TPSA) is 87.7 Å². The first-order valence-corrected chi connectivity index (χ1v) is 9.60. The van der Waals surface area contributed by atoms with Crippen LogP contribution < -0.4 is 10.6 Å². The lowest BCUT2D eigenvalue weighted by atomic mass is 9.95. The molecule has 1 fully saturated rings. The number of halogens is 2. The maximum absolute atomic E-state index is 12.4. The number of carboxylic acid groups (broad SMARTS) is 1. The van der Waals surface area contributed by atoms with Crippen LogP contribution in [0.15, 0.2) is 42.5 Å². The molecule has 1 amide bonds. The molecule has 1 aliphatic rings. The van der Waals surface area contributed by atoms with Crippen molar-refractivity contribution in [2.75, 3.05) is 26.2 Å². The van der Waals surface area contributed by atoms with Gasteiger partial charge in [0.2, 0.25) is 0 Å². The van der Waals surface area contributed by atoms with E-state index in [9.17, 15) is 9.59 Å². The van der Waals surface area contributed by atoms with Crippen LogP contribution >= 0.6 is 23.2 Å². The van der Waals surface area contributed by atoms with Gasteiger partial charge in [-0.1, -0.05) is 29.3 Å². The Hall–Kier alpha value is -2.12. The zero-order valence-electron chi connectivity index (χ0n) is 15.0. The molecule has 0 spiro atoms. The number of nitrogens with one attached hydrogen (secondary N) is 2. The molecule has 3 N–H and O–H groups in total. The molecular weight excluding hydrogens is 403 g/mol. The molecule has 1 saturated heterocycles. The van der Waals surface area contributed by atoms with Gasteiger partial charge in [-0.05, 0) is 42.0 Å². The third kappa shape index (κ3) is 5.02. The van der Waals surface area contributed by atoms with Gasteiger partial charge in [0.15, 0.2) is 0 Å². The Morgan fingerprint density at radius 3 is 2.50 bits per heavy atom. The molecule has 1 heterocycles. The number of hydrogen-bond donors (Lipinski definition) is 3. The highest BCUT2D eigenvalue weighted by molar-refractivity contribution is 6.42. The minimum absolute atomic E-state index is 0.0121. The Morgan fingerprint density at radius 2 is 1.82 bits per heavy atom. The summed E-state index contributed by atoms with van der Waals surface area (Å²) in [5.41, 5.74) is 1.44. The van der Waals surface area contributed by atoms with E-state index in [1.165, 1.54) is 24.3 Å². The van der Waals surface area contributed by atoms with Crippen molar-refractivity contribution in [3.63, 3.8) is 0 Å². The van der Waals surface area contributed by atoms with Crippen LogP contribution in [0.1, 0.15) is 32.4 Å². The maximum Gasteiger partial charge on any atom is 0.335 e. The Labute approximate surface area is 172 Å². The molecular formula is C20H20Cl2N2O4. The van der Waals surface area contributed by atoms with Crippen LogP contribution in [0.3, 0.4) is 0 Å². The Morgan fingerprint density at radius 1 is 1.11 bits per heavy atom. The number of carbonyl (C=O) groups is 2. The molecule has 148 valence electrons. The van der Waals surface area contributed by atoms with E-state index in [1.807, 2.05) is 6.07 Å². The van der Waals surface area contributed by atoms with E-state index in [0.717, 1.165) is 12.1 Å². The summed E-state index contributed by atoms with van der Waals surface area (Å²) in [4.78, 5) is 23.4. The Balaban J connectivity index is 1.69. The van der Waals surface area contributed by atoms with Gasteiger partial charge in [-0.25, -0.2) is 4.79 Å². The number of benzene rings is 2. The fourth-order valence-electron chi connectivity index (χ4n) is 3.12. The van der Waals surface area contributed by atoms with Crippen LogP contribution in [0.5, 0.6) is 0 Å². The highest BCUT2D eigenvalue weighted by atomic mass is 35.5. The number of carboxylic acids is 1. The Bertz CT molecular complexity index is 858. The number of aromatic carboxylic acids is 1. The van der Waals surface area contributed by atoms with Crippen LogP contribution in [0.4, 0.5) is 0 Å². The molecule has 2 atom stereocenters. The lowest BCUT2D eigenvalue weighted by Gasteiger charge is -2.25. The number of ether oxygens (including phenoxy) is 1. The number of rotatable bonds is 5. The molecule has 1 aliphatic heterocycles. The highest BCUT2D eigenvalue weighted by Crippen LogP contribution is 2.31. The smallest absolute Gasteiger partial charge is 0.335 e. The predicted molar refractivity (Wildman–Crippen MR) is 107 cm³/mol. The van der Waals surface area contributed by atoms with Gasteiger partial charge in [0.1, 0.15) is 0 Å². The molecule has 0 radical (unpaired) electrons. The van der Waals surface area contributed by atoms with Gasteiger partial charge in [0, 0.05) is 31.1 Å². The van der Waals surface area contributed by atoms with Gasteiger partial charge in [-0.3, -0.25) is 4.79 Å². The average Bonchev–Trinajstić information content (AvgIpc) is 2.94. The monoisotopic (exact) mass is 422 g/mol. The fraction of sp³-hybridized carbons (Fsp3) is 0.300. The fourth-order valence-corrected chi connectivity index (χ4v) is 3.42. The lowest BCUT2D eigenvalue weighted by Crippen LogP contribution is -2.36. The second kappa shape index (κ2) is 9.39. The van der Waals surface area contributed by atoms with Crippen molar-refractivity contribution in [1.29, 1.82) is 0 Å². The molecule has 0 saturated carbocycles. The van der Waals surface area contributed by atoms with Crippen molar-refractivity contribution in [3.05, 3.63) is 69.2 Å². The number of carbonyl (C=O) groups excluding carboxylic acids is 1. The van der Waals surface area contributed by atoms with Gasteiger partial charge in [-0.2, -0.15) is 0 Å². The van der Waals surface area contributed by atoms with Crippen LogP contribution in [-0.4, -0.2) is 43.2 Å². The van der Waals surface area contributed by atoms with E-state index in [2.05, 4.69) is 10.6 Å². The van der Waals surface area contributed by atoms with Gasteiger partial charge < -0.3 is 20.5 Å². The summed E-state index contributed by atoms with van der Waals surface area (Å²) >= 11 is 12.2. The minimum Gasteiger partial charge on any atom is -0.478 e. The third-order valence-electron chi connectivity index (χ3n) is 4.60. The third-order valence-corrected chi connectivity index (χ3v) is 5.34. The quantitative estimate of drug-likeness (QED) is 0.686. The molecule has 28 heavy (non-hydrogen) atoms. The molecule has 0 bridgehead atoms. The van der Waals surface area contributed by atoms with Crippen molar-refractivity contribution in [2.24, 2.45) is 5.92 Å². The van der Waals surface area contributed by atoms with Gasteiger partial charge in [-0.15, -0.1) is 0 Å². The van der Waals surface area contributed by atoms with Crippen LogP contribution in [0.2, 0.25) is 10.0 Å². The average molecular weight is 423 g/mol. The zero-order chi connectivity index (χ0) is 20.1. The summed E-state index contributed by atoms with van der Waals surface area (Å²) in [7, 11) is 0. The van der Waals surface area contributed by atoms with Crippen molar-refractivity contribution in [3.8, 4) is 0 Å². The summed E-state index contributed by atoms with van der Waals surface area (Å²) in [6, 6.07) is 11.2. The van der Waals surface area contributed by atoms with Gasteiger partial charge >= 0.3 is 5.97 Å². The summed E-state index contributed by atoms with van der Waals surface area (Å²) in [6.07, 6.45) is -0.237. The summed E-state index contributed by atoms with van der Waals surface area (Å²) < 4.78 is 6.00. The summed E-state index contributed by atoms with van der Waals surface area (Å²) in [5.74, 6) is -1.31. The van der Waals surface area contributed by atoms with E-state index < -0.39 is 5.97 Å². The van der Waals surface area contributed by atoms with E-state index in [1.54, 1.807) is 12.1 Å². The molecule has 2 aromatic rings. The first-order valence-electron chi connectivity index (χ1n) is 8.84. The lowest BCUT2D eigenvalue weighted by molar-refractivity contribution is 0.0306. The first kappa shape index (κ1) is 20.6. The van der Waals surface area contributed by atoms with E-state index in [4.69, 9.17) is 33.0 Å². The predicted octanol–water partition coefficient (Wildman–Crippen LogP) is 3.40. The number of hydrogen-bond acceptors (Lipinski definition) is 4. The van der Waals surface area contributed by atoms with Crippen LogP contribution in [0.25, 0.3) is 0 Å². The molecule has 2 aromatic carbocycles. The standard InChI is InChI=1S/C20H20Cl2N2O4/c21-16-6-5-14(9-17(16)22)18-15(10-23-7-8-28-18)11-24-19(25)12-1-3-13(4-2-12)20(26)27/h1-6,9,15,18,23H,7-8,10-11H2,(H,24,25)(H,26,27).